The van der Waals surface area contributed by atoms with Crippen LogP contribution < -0.4 is 4.90 Å². The van der Waals surface area contributed by atoms with Crippen LogP contribution in [-0.2, 0) is 25.5 Å². The molecule has 0 saturated heterocycles. The van der Waals surface area contributed by atoms with Crippen LogP contribution in [-0.4, -0.2) is 43.8 Å². The van der Waals surface area contributed by atoms with Gasteiger partial charge in [-0.15, -0.1) is 0 Å². The van der Waals surface area contributed by atoms with E-state index in [1.54, 1.807) is 0 Å². The highest BCUT2D eigenvalue weighted by molar-refractivity contribution is 7.94. The molecule has 0 aliphatic carbocycles. The van der Waals surface area contributed by atoms with E-state index in [9.17, 15) is 13.2 Å². The molecule has 0 atom stereocenters. The van der Waals surface area contributed by atoms with Crippen molar-refractivity contribution in [2.75, 3.05) is 24.2 Å². The fourth-order valence-corrected chi connectivity index (χ4v) is 7.20. The molecule has 0 bridgehead atoms. The number of unbranched alkanes of at least 4 members (excludes halogenated alkanes) is 2. The Labute approximate surface area is 258 Å². The number of nitrogens with zero attached hydrogens (tertiary/aromatic N) is 2. The minimum Gasteiger partial charge on any atom is -0.344 e. The molecule has 2 aliphatic rings. The van der Waals surface area contributed by atoms with Gasteiger partial charge in [-0.25, -0.2) is 8.42 Å². The van der Waals surface area contributed by atoms with Gasteiger partial charge in [0.2, 0.25) is 5.69 Å². The van der Waals surface area contributed by atoms with Crippen molar-refractivity contribution < 1.29 is 17.8 Å². The van der Waals surface area contributed by atoms with Gasteiger partial charge in [-0.05, 0) is 50.8 Å². The second-order valence-corrected chi connectivity index (χ2v) is 14.7. The van der Waals surface area contributed by atoms with Gasteiger partial charge in [0.25, 0.3) is 0 Å². The first-order chi connectivity index (χ1) is 20.4. The Balaban J connectivity index is 1.38. The number of rotatable bonds is 14. The summed E-state index contributed by atoms with van der Waals surface area (Å²) in [6, 6.07) is 17.3. The van der Waals surface area contributed by atoms with Crippen molar-refractivity contribution in [2.24, 2.45) is 0 Å². The third-order valence-corrected chi connectivity index (χ3v) is 10.3. The van der Waals surface area contributed by atoms with Crippen LogP contribution in [0.15, 0.2) is 96.6 Å². The Bertz CT molecular complexity index is 1590. The second-order valence-electron chi connectivity index (χ2n) is 12.7. The van der Waals surface area contributed by atoms with Crippen LogP contribution in [0.3, 0.4) is 0 Å². The molecule has 2 aliphatic heterocycles. The quantitative estimate of drug-likeness (QED) is 0.126. The van der Waals surface area contributed by atoms with Crippen LogP contribution in [0.1, 0.15) is 77.3 Å². The molecule has 6 heteroatoms. The zero-order valence-electron chi connectivity index (χ0n) is 26.5. The number of para-hydroxylation sites is 2. The molecular formula is C37H47N2O3S+. The SMILES string of the molecule is C=CS(=O)(=O)CCCC(=O)CCCCCN1/C(=C/C=C/C=C/C2=[N+](C)c3ccccc3C2(C)C)C(C)(C)c2ccccc21. The summed E-state index contributed by atoms with van der Waals surface area (Å²) in [6.45, 7) is 13.3. The maximum absolute atomic E-state index is 12.2. The fraction of sp³-hybridized carbons (Fsp3) is 0.405. The van der Waals surface area contributed by atoms with E-state index in [1.807, 2.05) is 0 Å². The molecule has 0 radical (unpaired) electrons. The maximum atomic E-state index is 12.2. The van der Waals surface area contributed by atoms with Gasteiger partial charge in [0.1, 0.15) is 12.8 Å². The van der Waals surface area contributed by atoms with Crippen LogP contribution >= 0.6 is 0 Å². The van der Waals surface area contributed by atoms with E-state index >= 15 is 0 Å². The molecule has 228 valence electrons. The zero-order chi connectivity index (χ0) is 31.3. The Hall–Kier alpha value is -3.51. The summed E-state index contributed by atoms with van der Waals surface area (Å²) in [6.07, 6.45) is 14.8. The van der Waals surface area contributed by atoms with Crippen molar-refractivity contribution in [3.05, 3.63) is 108 Å². The zero-order valence-corrected chi connectivity index (χ0v) is 27.3. The third-order valence-electron chi connectivity index (χ3n) is 8.95. The van der Waals surface area contributed by atoms with Crippen molar-refractivity contribution in [2.45, 2.75) is 77.0 Å². The minimum absolute atomic E-state index is 0.00550. The number of fused-ring (bicyclic) bond motifs is 2. The van der Waals surface area contributed by atoms with Gasteiger partial charge >= 0.3 is 0 Å². The summed E-state index contributed by atoms with van der Waals surface area (Å²) in [7, 11) is -1.09. The summed E-state index contributed by atoms with van der Waals surface area (Å²) in [4.78, 5) is 14.7. The summed E-state index contributed by atoms with van der Waals surface area (Å²) in [5.41, 5.74) is 7.60. The molecule has 0 saturated carbocycles. The minimum atomic E-state index is -3.24. The summed E-state index contributed by atoms with van der Waals surface area (Å²) >= 11 is 0. The number of ketones is 1. The van der Waals surface area contributed by atoms with E-state index in [1.165, 1.54) is 33.9 Å². The van der Waals surface area contributed by atoms with Crippen LogP contribution in [0, 0.1) is 0 Å². The number of hydrogen-bond donors (Lipinski definition) is 0. The lowest BCUT2D eigenvalue weighted by Gasteiger charge is -2.27. The predicted octanol–water partition coefficient (Wildman–Crippen LogP) is 7.95. The second kappa shape index (κ2) is 13.4. The molecule has 0 aromatic heterocycles. The molecule has 0 unspecified atom stereocenters. The van der Waals surface area contributed by atoms with E-state index in [0.717, 1.165) is 31.2 Å². The topological polar surface area (TPSA) is 57.5 Å². The highest BCUT2D eigenvalue weighted by Crippen LogP contribution is 2.47. The molecule has 0 amide bonds. The van der Waals surface area contributed by atoms with Crippen LogP contribution in [0.25, 0.3) is 0 Å². The Kier molecular flexibility index (Phi) is 10.1. The standard InChI is InChI=1S/C37H47N2O3S/c1-7-43(41,42)28-18-20-29(40)19-10-9-17-27-39-33-24-16-14-22-31(33)37(4,5)35(39)26-12-8-11-25-34-36(2,3)30-21-13-15-23-32(30)38(34)6/h7-8,11-16,21-26H,1,9-10,17-20,27-28H2,2-6H3/q+1. The first-order valence-corrected chi connectivity index (χ1v) is 17.1. The molecule has 2 aromatic rings. The summed E-state index contributed by atoms with van der Waals surface area (Å²) < 4.78 is 25.4. The van der Waals surface area contributed by atoms with Crippen molar-refractivity contribution >= 4 is 32.7 Å². The lowest BCUT2D eigenvalue weighted by Crippen LogP contribution is -2.27. The van der Waals surface area contributed by atoms with Gasteiger partial charge in [-0.1, -0.05) is 81.5 Å². The van der Waals surface area contributed by atoms with E-state index in [0.29, 0.717) is 19.3 Å². The molecule has 43 heavy (non-hydrogen) atoms. The van der Waals surface area contributed by atoms with E-state index in [-0.39, 0.29) is 22.4 Å². The van der Waals surface area contributed by atoms with Gasteiger partial charge in [-0.3, -0.25) is 4.79 Å². The monoisotopic (exact) mass is 599 g/mol. The van der Waals surface area contributed by atoms with Crippen LogP contribution in [0.4, 0.5) is 11.4 Å². The Morgan fingerprint density at radius 3 is 2.26 bits per heavy atom. The van der Waals surface area contributed by atoms with Gasteiger partial charge in [0.15, 0.2) is 15.5 Å². The van der Waals surface area contributed by atoms with Crippen molar-refractivity contribution in [1.29, 1.82) is 0 Å². The van der Waals surface area contributed by atoms with Crippen LogP contribution in [0.5, 0.6) is 0 Å². The van der Waals surface area contributed by atoms with Crippen molar-refractivity contribution in [3.63, 3.8) is 0 Å². The first kappa shape index (κ1) is 32.4. The normalized spacial score (nSPS) is 18.2. The number of anilines is 1. The summed E-state index contributed by atoms with van der Waals surface area (Å²) in [5.74, 6) is 0.133. The average Bonchev–Trinajstić information content (AvgIpc) is 3.31. The number of carbonyl (C=O) groups is 1. The number of hydrogen-bond acceptors (Lipinski definition) is 4. The van der Waals surface area contributed by atoms with Gasteiger partial charge in [0.05, 0.1) is 11.2 Å². The smallest absolute Gasteiger partial charge is 0.209 e. The van der Waals surface area contributed by atoms with Gasteiger partial charge in [-0.2, -0.15) is 4.58 Å². The molecule has 2 heterocycles. The van der Waals surface area contributed by atoms with E-state index in [2.05, 4.69) is 130 Å². The Morgan fingerprint density at radius 1 is 0.860 bits per heavy atom. The van der Waals surface area contributed by atoms with Gasteiger partial charge in [0, 0.05) is 59.3 Å². The van der Waals surface area contributed by atoms with Crippen molar-refractivity contribution in [1.82, 2.24) is 0 Å². The Morgan fingerprint density at radius 2 is 1.53 bits per heavy atom. The van der Waals surface area contributed by atoms with Gasteiger partial charge < -0.3 is 4.90 Å². The molecular weight excluding hydrogens is 552 g/mol. The largest absolute Gasteiger partial charge is 0.344 e. The summed E-state index contributed by atoms with van der Waals surface area (Å²) in [5, 5.41) is 0.971. The van der Waals surface area contributed by atoms with E-state index in [4.69, 9.17) is 0 Å². The fourth-order valence-electron chi connectivity index (χ4n) is 6.49. The molecule has 0 fully saturated rings. The third kappa shape index (κ3) is 7.18. The number of carbonyl (C=O) groups excluding carboxylic acids is 1. The molecule has 0 spiro atoms. The predicted molar refractivity (Wildman–Crippen MR) is 180 cm³/mol. The first-order valence-electron chi connectivity index (χ1n) is 15.4. The lowest BCUT2D eigenvalue weighted by atomic mass is 9.81. The lowest BCUT2D eigenvalue weighted by molar-refractivity contribution is -0.401. The highest BCUT2D eigenvalue weighted by atomic mass is 32.2. The number of Topliss-reactive ketones (excluding diaryl/α,β-unsaturated/α-hetero) is 1. The highest BCUT2D eigenvalue weighted by Gasteiger charge is 2.42. The molecule has 2 aromatic carbocycles. The molecule has 0 N–H and O–H groups in total. The molecule has 4 rings (SSSR count). The number of allylic oxidation sites excluding steroid dienone is 6. The average molecular weight is 600 g/mol. The maximum Gasteiger partial charge on any atom is 0.209 e. The molecule has 5 nitrogen and oxygen atoms in total. The number of benzene rings is 2. The van der Waals surface area contributed by atoms with Crippen LogP contribution in [0.2, 0.25) is 0 Å². The van der Waals surface area contributed by atoms with E-state index < -0.39 is 9.84 Å². The number of sulfone groups is 1. The van der Waals surface area contributed by atoms with Crippen molar-refractivity contribution in [3.8, 4) is 0 Å².